The summed E-state index contributed by atoms with van der Waals surface area (Å²) in [5.74, 6) is 1.71. The second kappa shape index (κ2) is 14.4. The van der Waals surface area contributed by atoms with Crippen molar-refractivity contribution in [1.82, 2.24) is 5.43 Å². The molecule has 200 valence electrons. The van der Waals surface area contributed by atoms with Gasteiger partial charge in [0, 0.05) is 11.1 Å². The van der Waals surface area contributed by atoms with Gasteiger partial charge in [0.25, 0.3) is 5.91 Å². The maximum atomic E-state index is 12.5. The number of unbranched alkanes of at least 4 members (excludes halogenated alkanes) is 1. The summed E-state index contributed by atoms with van der Waals surface area (Å²) in [7, 11) is 1.62. The van der Waals surface area contributed by atoms with Crippen LogP contribution in [-0.4, -0.2) is 19.2 Å². The summed E-state index contributed by atoms with van der Waals surface area (Å²) in [6.45, 7) is 2.96. The van der Waals surface area contributed by atoms with Crippen LogP contribution in [0.5, 0.6) is 17.2 Å². The number of nitrogens with zero attached hydrogens (tertiary/aromatic N) is 1. The van der Waals surface area contributed by atoms with Gasteiger partial charge in [0.2, 0.25) is 0 Å². The van der Waals surface area contributed by atoms with Crippen LogP contribution in [0.25, 0.3) is 0 Å². The quantitative estimate of drug-likeness (QED) is 0.152. The summed E-state index contributed by atoms with van der Waals surface area (Å²) in [5.41, 5.74) is 7.17. The Morgan fingerprint density at radius 2 is 1.46 bits per heavy atom. The Hall–Kier alpha value is -4.58. The standard InChI is InChI=1S/C33H34N2O4/c1-3-4-10-25-15-18-28(19-16-25)33(36)35-34-22-29-13-8-9-14-30(29)38-24-27-17-20-31(32(21-27)37-2)39-23-26-11-6-5-7-12-26/h5-9,11-22H,3-4,10,23-24H2,1-2H3,(H,35,36)/b34-22+. The molecule has 0 aliphatic carbocycles. The van der Waals surface area contributed by atoms with Crippen molar-refractivity contribution in [3.05, 3.63) is 125 Å². The highest BCUT2D eigenvalue weighted by Crippen LogP contribution is 2.29. The Morgan fingerprint density at radius 3 is 2.23 bits per heavy atom. The Balaban J connectivity index is 1.33. The van der Waals surface area contributed by atoms with E-state index in [9.17, 15) is 4.79 Å². The van der Waals surface area contributed by atoms with Crippen LogP contribution in [0.4, 0.5) is 0 Å². The predicted molar refractivity (Wildman–Crippen MR) is 155 cm³/mol. The SMILES string of the molecule is CCCCc1ccc(C(=O)N/N=C/c2ccccc2OCc2ccc(OCc3ccccc3)c(OC)c2)cc1. The first-order valence-corrected chi connectivity index (χ1v) is 13.1. The monoisotopic (exact) mass is 522 g/mol. The molecule has 0 saturated heterocycles. The summed E-state index contributed by atoms with van der Waals surface area (Å²) < 4.78 is 17.6. The molecule has 0 aromatic heterocycles. The van der Waals surface area contributed by atoms with Crippen molar-refractivity contribution >= 4 is 12.1 Å². The van der Waals surface area contributed by atoms with E-state index in [4.69, 9.17) is 14.2 Å². The van der Waals surface area contributed by atoms with Gasteiger partial charge in [-0.05, 0) is 65.9 Å². The van der Waals surface area contributed by atoms with E-state index in [2.05, 4.69) is 17.5 Å². The van der Waals surface area contributed by atoms with E-state index < -0.39 is 0 Å². The molecule has 0 heterocycles. The molecular weight excluding hydrogens is 488 g/mol. The van der Waals surface area contributed by atoms with Gasteiger partial charge in [0.1, 0.15) is 19.0 Å². The Morgan fingerprint density at radius 1 is 0.769 bits per heavy atom. The normalized spacial score (nSPS) is 10.8. The van der Waals surface area contributed by atoms with Crippen molar-refractivity contribution in [2.75, 3.05) is 7.11 Å². The first kappa shape index (κ1) is 27.5. The second-order valence-electron chi connectivity index (χ2n) is 9.09. The molecule has 1 amide bonds. The Kier molecular flexibility index (Phi) is 10.1. The van der Waals surface area contributed by atoms with E-state index in [-0.39, 0.29) is 5.91 Å². The fourth-order valence-electron chi connectivity index (χ4n) is 3.96. The number of carbonyl (C=O) groups is 1. The molecule has 0 radical (unpaired) electrons. The minimum atomic E-state index is -0.256. The molecule has 6 nitrogen and oxygen atoms in total. The molecular formula is C33H34N2O4. The smallest absolute Gasteiger partial charge is 0.271 e. The van der Waals surface area contributed by atoms with Crippen LogP contribution in [0.1, 0.15) is 52.4 Å². The first-order valence-electron chi connectivity index (χ1n) is 13.1. The maximum absolute atomic E-state index is 12.5. The molecule has 0 aliphatic rings. The van der Waals surface area contributed by atoms with E-state index in [1.165, 1.54) is 5.56 Å². The third-order valence-corrected chi connectivity index (χ3v) is 6.18. The highest BCUT2D eigenvalue weighted by atomic mass is 16.5. The van der Waals surface area contributed by atoms with Crippen LogP contribution >= 0.6 is 0 Å². The minimum absolute atomic E-state index is 0.256. The molecule has 0 spiro atoms. The number of amides is 1. The molecule has 0 fully saturated rings. The molecule has 4 aromatic rings. The summed E-state index contributed by atoms with van der Waals surface area (Å²) in [4.78, 5) is 12.5. The zero-order valence-electron chi connectivity index (χ0n) is 22.4. The lowest BCUT2D eigenvalue weighted by Crippen LogP contribution is -2.17. The van der Waals surface area contributed by atoms with Crippen LogP contribution in [0.3, 0.4) is 0 Å². The van der Waals surface area contributed by atoms with E-state index in [1.807, 2.05) is 97.1 Å². The van der Waals surface area contributed by atoms with Gasteiger partial charge in [0.05, 0.1) is 13.3 Å². The van der Waals surface area contributed by atoms with Crippen LogP contribution < -0.4 is 19.6 Å². The lowest BCUT2D eigenvalue weighted by atomic mass is 10.1. The number of ether oxygens (including phenoxy) is 3. The van der Waals surface area contributed by atoms with Crippen LogP contribution in [-0.2, 0) is 19.6 Å². The van der Waals surface area contributed by atoms with Gasteiger partial charge >= 0.3 is 0 Å². The largest absolute Gasteiger partial charge is 0.493 e. The number of hydrazone groups is 1. The van der Waals surface area contributed by atoms with E-state index >= 15 is 0 Å². The van der Waals surface area contributed by atoms with Crippen molar-refractivity contribution in [3.63, 3.8) is 0 Å². The topological polar surface area (TPSA) is 69.2 Å². The van der Waals surface area contributed by atoms with Crippen LogP contribution in [0.2, 0.25) is 0 Å². The Labute approximate surface area is 230 Å². The van der Waals surface area contributed by atoms with Gasteiger partial charge in [0.15, 0.2) is 11.5 Å². The number of carbonyl (C=O) groups excluding carboxylic acids is 1. The summed E-state index contributed by atoms with van der Waals surface area (Å²) in [6.07, 6.45) is 4.89. The van der Waals surface area contributed by atoms with Crippen molar-refractivity contribution in [3.8, 4) is 17.2 Å². The van der Waals surface area contributed by atoms with Gasteiger partial charge in [-0.3, -0.25) is 4.79 Å². The average Bonchev–Trinajstić information content (AvgIpc) is 2.99. The van der Waals surface area contributed by atoms with Gasteiger partial charge in [-0.2, -0.15) is 5.10 Å². The van der Waals surface area contributed by atoms with Crippen molar-refractivity contribution in [2.24, 2.45) is 5.10 Å². The van der Waals surface area contributed by atoms with Gasteiger partial charge in [-0.15, -0.1) is 0 Å². The molecule has 0 unspecified atom stereocenters. The summed E-state index contributed by atoms with van der Waals surface area (Å²) >= 11 is 0. The molecule has 0 bridgehead atoms. The molecule has 4 aromatic carbocycles. The number of hydrogen-bond acceptors (Lipinski definition) is 5. The van der Waals surface area contributed by atoms with E-state index in [0.717, 1.165) is 36.0 Å². The van der Waals surface area contributed by atoms with Crippen LogP contribution in [0.15, 0.2) is 102 Å². The number of nitrogens with one attached hydrogen (secondary N) is 1. The lowest BCUT2D eigenvalue weighted by Gasteiger charge is -2.13. The molecule has 0 aliphatic heterocycles. The predicted octanol–water partition coefficient (Wildman–Crippen LogP) is 6.96. The number of benzene rings is 4. The minimum Gasteiger partial charge on any atom is -0.493 e. The number of hydrogen-bond donors (Lipinski definition) is 1. The molecule has 4 rings (SSSR count). The lowest BCUT2D eigenvalue weighted by molar-refractivity contribution is 0.0955. The van der Waals surface area contributed by atoms with Crippen molar-refractivity contribution in [2.45, 2.75) is 39.4 Å². The fourth-order valence-corrected chi connectivity index (χ4v) is 3.96. The molecule has 6 heteroatoms. The summed E-state index contributed by atoms with van der Waals surface area (Å²) in [6, 6.07) is 30.9. The fraction of sp³-hybridized carbons (Fsp3) is 0.212. The molecule has 1 N–H and O–H groups in total. The number of methoxy groups -OCH3 is 1. The summed E-state index contributed by atoms with van der Waals surface area (Å²) in [5, 5.41) is 4.15. The van der Waals surface area contributed by atoms with Gasteiger partial charge < -0.3 is 14.2 Å². The van der Waals surface area contributed by atoms with Crippen molar-refractivity contribution < 1.29 is 19.0 Å². The third kappa shape index (κ3) is 8.20. The zero-order valence-corrected chi connectivity index (χ0v) is 22.4. The van der Waals surface area contributed by atoms with Gasteiger partial charge in [-0.1, -0.05) is 74.0 Å². The first-order chi connectivity index (χ1) is 19.2. The number of rotatable bonds is 13. The van der Waals surface area contributed by atoms with Crippen LogP contribution in [0, 0.1) is 0 Å². The average molecular weight is 523 g/mol. The number of aryl methyl sites for hydroxylation is 1. The maximum Gasteiger partial charge on any atom is 0.271 e. The highest BCUT2D eigenvalue weighted by molar-refractivity contribution is 5.95. The second-order valence-corrected chi connectivity index (χ2v) is 9.09. The van der Waals surface area contributed by atoms with Crippen molar-refractivity contribution in [1.29, 1.82) is 0 Å². The molecule has 39 heavy (non-hydrogen) atoms. The Bertz CT molecular complexity index is 1370. The van der Waals surface area contributed by atoms with E-state index in [1.54, 1.807) is 13.3 Å². The zero-order chi connectivity index (χ0) is 27.3. The molecule has 0 saturated carbocycles. The third-order valence-electron chi connectivity index (χ3n) is 6.18. The highest BCUT2D eigenvalue weighted by Gasteiger charge is 2.09. The number of para-hydroxylation sites is 1. The molecule has 0 atom stereocenters. The van der Waals surface area contributed by atoms with E-state index in [0.29, 0.717) is 36.0 Å². The van der Waals surface area contributed by atoms with Gasteiger partial charge in [-0.25, -0.2) is 5.43 Å².